The molecule has 0 spiro atoms. The Morgan fingerprint density at radius 2 is 1.85 bits per heavy atom. The molecule has 0 aliphatic rings. The van der Waals surface area contributed by atoms with Gasteiger partial charge in [0.1, 0.15) is 10.8 Å². The highest BCUT2D eigenvalue weighted by molar-refractivity contribution is 7.13. The average molecular weight is 305 g/mol. The fourth-order valence-electron chi connectivity index (χ4n) is 1.76. The molecule has 2 aromatic heterocycles. The molecule has 0 saturated heterocycles. The molecule has 102 valence electrons. The maximum atomic E-state index is 12.9. The van der Waals surface area contributed by atoms with Crippen LogP contribution in [0.15, 0.2) is 40.5 Å². The molecule has 0 unspecified atom stereocenters. The van der Waals surface area contributed by atoms with E-state index in [1.54, 1.807) is 34.8 Å². The molecule has 3 rings (SSSR count). The lowest BCUT2D eigenvalue weighted by Crippen LogP contribution is -2.12. The van der Waals surface area contributed by atoms with Gasteiger partial charge in [0.2, 0.25) is 0 Å². The molecule has 0 atom stereocenters. The number of nitrogens with one attached hydrogen (secondary N) is 1. The van der Waals surface area contributed by atoms with E-state index in [1.165, 1.54) is 12.1 Å². The van der Waals surface area contributed by atoms with Crippen molar-refractivity contribution in [1.82, 2.24) is 15.3 Å². The second-order valence-electron chi connectivity index (χ2n) is 4.23. The Morgan fingerprint density at radius 1 is 1.05 bits per heavy atom. The number of rotatable bonds is 5. The summed E-state index contributed by atoms with van der Waals surface area (Å²) < 4.78 is 12.9. The first kappa shape index (κ1) is 13.4. The first-order chi connectivity index (χ1) is 9.81. The Balaban J connectivity index is 1.60. The molecule has 3 aromatic rings. The van der Waals surface area contributed by atoms with Crippen molar-refractivity contribution >= 4 is 22.7 Å². The van der Waals surface area contributed by atoms with E-state index in [4.69, 9.17) is 0 Å². The number of nitrogens with zero attached hydrogens (tertiary/aromatic N) is 2. The van der Waals surface area contributed by atoms with Gasteiger partial charge in [0.05, 0.1) is 16.9 Å². The maximum Gasteiger partial charge on any atom is 0.123 e. The summed E-state index contributed by atoms with van der Waals surface area (Å²) >= 11 is 3.16. The second kappa shape index (κ2) is 6.21. The summed E-state index contributed by atoms with van der Waals surface area (Å²) in [7, 11) is 0. The third-order valence-electron chi connectivity index (χ3n) is 2.74. The smallest absolute Gasteiger partial charge is 0.123 e. The number of hydrogen-bond acceptors (Lipinski definition) is 5. The van der Waals surface area contributed by atoms with E-state index in [9.17, 15) is 4.39 Å². The molecule has 1 N–H and O–H groups in total. The largest absolute Gasteiger partial charge is 0.305 e. The van der Waals surface area contributed by atoms with Crippen LogP contribution in [0.3, 0.4) is 0 Å². The van der Waals surface area contributed by atoms with Crippen molar-refractivity contribution in [3.05, 3.63) is 57.7 Å². The van der Waals surface area contributed by atoms with Crippen LogP contribution in [0.25, 0.3) is 10.6 Å². The van der Waals surface area contributed by atoms with Gasteiger partial charge in [-0.3, -0.25) is 0 Å². The molecule has 20 heavy (non-hydrogen) atoms. The first-order valence-corrected chi connectivity index (χ1v) is 7.91. The zero-order valence-corrected chi connectivity index (χ0v) is 12.2. The predicted molar refractivity (Wildman–Crippen MR) is 80.2 cm³/mol. The Labute approximate surface area is 124 Å². The fraction of sp³-hybridized carbons (Fsp3) is 0.143. The molecule has 0 bridgehead atoms. The Bertz CT molecular complexity index is 662. The van der Waals surface area contributed by atoms with Gasteiger partial charge in [-0.2, -0.15) is 0 Å². The van der Waals surface area contributed by atoms with Crippen LogP contribution < -0.4 is 5.32 Å². The van der Waals surface area contributed by atoms with E-state index in [1.807, 2.05) is 16.3 Å². The minimum absolute atomic E-state index is 0.226. The Hall–Kier alpha value is -1.63. The van der Waals surface area contributed by atoms with E-state index < -0.39 is 0 Å². The number of hydrogen-bond donors (Lipinski definition) is 1. The van der Waals surface area contributed by atoms with Gasteiger partial charge in [-0.15, -0.1) is 22.7 Å². The van der Waals surface area contributed by atoms with Crippen molar-refractivity contribution in [2.45, 2.75) is 13.1 Å². The molecule has 0 amide bonds. The Kier molecular flexibility index (Phi) is 4.15. The standard InChI is InChI=1S/C14H12FN3S2/c15-11-3-1-10(2-4-11)14-18-13(8-20-14)6-16-5-12-7-19-9-17-12/h1-4,7-9,16H,5-6H2. The minimum atomic E-state index is -0.226. The second-order valence-corrected chi connectivity index (χ2v) is 5.81. The van der Waals surface area contributed by atoms with Gasteiger partial charge in [0.15, 0.2) is 0 Å². The van der Waals surface area contributed by atoms with E-state index in [0.29, 0.717) is 6.54 Å². The summed E-state index contributed by atoms with van der Waals surface area (Å²) in [6.45, 7) is 1.45. The van der Waals surface area contributed by atoms with Crippen LogP contribution in [0.5, 0.6) is 0 Å². The van der Waals surface area contributed by atoms with Crippen molar-refractivity contribution in [3.8, 4) is 10.6 Å². The SMILES string of the molecule is Fc1ccc(-c2nc(CNCc3cscn3)cs2)cc1. The van der Waals surface area contributed by atoms with E-state index in [2.05, 4.69) is 15.3 Å². The highest BCUT2D eigenvalue weighted by Crippen LogP contribution is 2.23. The van der Waals surface area contributed by atoms with Gasteiger partial charge >= 0.3 is 0 Å². The summed E-state index contributed by atoms with van der Waals surface area (Å²) in [5.41, 5.74) is 4.81. The van der Waals surface area contributed by atoms with Gasteiger partial charge in [0.25, 0.3) is 0 Å². The normalized spacial score (nSPS) is 10.8. The molecule has 2 heterocycles. The van der Waals surface area contributed by atoms with Crippen LogP contribution in [0.4, 0.5) is 4.39 Å². The van der Waals surface area contributed by atoms with Crippen molar-refractivity contribution < 1.29 is 4.39 Å². The molecule has 0 aliphatic heterocycles. The fourth-order valence-corrected chi connectivity index (χ4v) is 3.14. The van der Waals surface area contributed by atoms with E-state index in [0.717, 1.165) is 28.5 Å². The topological polar surface area (TPSA) is 37.8 Å². The summed E-state index contributed by atoms with van der Waals surface area (Å²) in [5.74, 6) is -0.226. The monoisotopic (exact) mass is 305 g/mol. The summed E-state index contributed by atoms with van der Waals surface area (Å²) in [6, 6.07) is 6.41. The van der Waals surface area contributed by atoms with Crippen molar-refractivity contribution in [3.63, 3.8) is 0 Å². The van der Waals surface area contributed by atoms with Crippen LogP contribution in [0.2, 0.25) is 0 Å². The lowest BCUT2D eigenvalue weighted by Gasteiger charge is -1.99. The third-order valence-corrected chi connectivity index (χ3v) is 4.31. The van der Waals surface area contributed by atoms with Crippen molar-refractivity contribution in [2.24, 2.45) is 0 Å². The predicted octanol–water partition coefficient (Wildman–Crippen LogP) is 3.70. The van der Waals surface area contributed by atoms with Crippen molar-refractivity contribution in [1.29, 1.82) is 0 Å². The van der Waals surface area contributed by atoms with Gasteiger partial charge in [-0.05, 0) is 24.3 Å². The molecular formula is C14H12FN3S2. The average Bonchev–Trinajstić information content (AvgIpc) is 3.11. The van der Waals surface area contributed by atoms with Crippen molar-refractivity contribution in [2.75, 3.05) is 0 Å². The van der Waals surface area contributed by atoms with Crippen LogP contribution in [-0.4, -0.2) is 9.97 Å². The van der Waals surface area contributed by atoms with Gasteiger partial charge in [-0.25, -0.2) is 14.4 Å². The number of aromatic nitrogens is 2. The van der Waals surface area contributed by atoms with Crippen LogP contribution >= 0.6 is 22.7 Å². The molecule has 0 aliphatic carbocycles. The lowest BCUT2D eigenvalue weighted by molar-refractivity contribution is 0.628. The summed E-state index contributed by atoms with van der Waals surface area (Å²) in [5, 5.41) is 8.27. The number of benzene rings is 1. The van der Waals surface area contributed by atoms with Crippen LogP contribution in [0.1, 0.15) is 11.4 Å². The highest BCUT2D eigenvalue weighted by atomic mass is 32.1. The summed E-state index contributed by atoms with van der Waals surface area (Å²) in [6.07, 6.45) is 0. The molecule has 0 radical (unpaired) electrons. The van der Waals surface area contributed by atoms with Gasteiger partial charge < -0.3 is 5.32 Å². The van der Waals surface area contributed by atoms with E-state index >= 15 is 0 Å². The molecule has 1 aromatic carbocycles. The van der Waals surface area contributed by atoms with Crippen LogP contribution in [0, 0.1) is 5.82 Å². The van der Waals surface area contributed by atoms with Crippen LogP contribution in [-0.2, 0) is 13.1 Å². The highest BCUT2D eigenvalue weighted by Gasteiger charge is 2.05. The molecule has 0 saturated carbocycles. The lowest BCUT2D eigenvalue weighted by atomic mass is 10.2. The number of halogens is 1. The molecule has 3 nitrogen and oxygen atoms in total. The molecule has 0 fully saturated rings. The third kappa shape index (κ3) is 3.27. The quantitative estimate of drug-likeness (QED) is 0.781. The van der Waals surface area contributed by atoms with E-state index in [-0.39, 0.29) is 5.82 Å². The first-order valence-electron chi connectivity index (χ1n) is 6.09. The molecular weight excluding hydrogens is 293 g/mol. The summed E-state index contributed by atoms with van der Waals surface area (Å²) in [4.78, 5) is 8.76. The Morgan fingerprint density at radius 3 is 2.60 bits per heavy atom. The van der Waals surface area contributed by atoms with Gasteiger partial charge in [-0.1, -0.05) is 0 Å². The molecule has 6 heteroatoms. The number of thiazole rings is 2. The zero-order chi connectivity index (χ0) is 13.8. The zero-order valence-electron chi connectivity index (χ0n) is 10.5. The maximum absolute atomic E-state index is 12.9. The van der Waals surface area contributed by atoms with Gasteiger partial charge in [0, 0.05) is 29.4 Å². The minimum Gasteiger partial charge on any atom is -0.305 e.